The van der Waals surface area contributed by atoms with Crippen LogP contribution in [0.2, 0.25) is 0 Å². The summed E-state index contributed by atoms with van der Waals surface area (Å²) in [6.07, 6.45) is -0.969. The van der Waals surface area contributed by atoms with E-state index in [0.717, 1.165) is 18.2 Å². The van der Waals surface area contributed by atoms with Gasteiger partial charge in [-0.25, -0.2) is 13.2 Å². The van der Waals surface area contributed by atoms with Crippen molar-refractivity contribution < 1.29 is 26.7 Å². The van der Waals surface area contributed by atoms with E-state index in [1.165, 1.54) is 28.0 Å². The maximum Gasteiger partial charge on any atom is 0.266 e. The third-order valence-corrected chi connectivity index (χ3v) is 4.97. The number of carbonyl (C=O) groups is 1. The Morgan fingerprint density at radius 2 is 1.93 bits per heavy atom. The van der Waals surface area contributed by atoms with Crippen LogP contribution >= 0.6 is 0 Å². The molecule has 156 valence electrons. The minimum atomic E-state index is -2.95. The first kappa shape index (κ1) is 20.0. The second-order valence-corrected chi connectivity index (χ2v) is 6.98. The van der Waals surface area contributed by atoms with Gasteiger partial charge in [0.2, 0.25) is 5.91 Å². The maximum atomic E-state index is 13.6. The number of aromatic nitrogens is 3. The molecule has 10 heteroatoms. The van der Waals surface area contributed by atoms with Gasteiger partial charge < -0.3 is 4.90 Å². The normalized spacial score (nSPS) is 14.3. The van der Waals surface area contributed by atoms with Crippen molar-refractivity contribution in [1.82, 2.24) is 19.7 Å². The van der Waals surface area contributed by atoms with Crippen LogP contribution in [0.3, 0.4) is 0 Å². The van der Waals surface area contributed by atoms with Crippen molar-refractivity contribution >= 4 is 16.9 Å². The lowest BCUT2D eigenvalue weighted by molar-refractivity contribution is -0.137. The summed E-state index contributed by atoms with van der Waals surface area (Å²) < 4.78 is 65.5. The predicted octanol–water partition coefficient (Wildman–Crippen LogP) is 4.41. The zero-order chi connectivity index (χ0) is 21.4. The fourth-order valence-corrected chi connectivity index (χ4v) is 3.36. The van der Waals surface area contributed by atoms with Crippen LogP contribution < -0.4 is 0 Å². The van der Waals surface area contributed by atoms with Gasteiger partial charge in [0.1, 0.15) is 17.9 Å². The topological polar surface area (TPSA) is 51.0 Å². The lowest BCUT2D eigenvalue weighted by Gasteiger charge is -2.37. The summed E-state index contributed by atoms with van der Waals surface area (Å²) in [4.78, 5) is 18.1. The minimum absolute atomic E-state index is 0.116. The molecule has 1 aromatic carbocycles. The van der Waals surface area contributed by atoms with Gasteiger partial charge in [0.15, 0.2) is 0 Å². The van der Waals surface area contributed by atoms with E-state index < -0.39 is 23.9 Å². The molecule has 3 heterocycles. The number of halogens is 5. The molecule has 0 atom stereocenters. The van der Waals surface area contributed by atoms with Gasteiger partial charge >= 0.3 is 0 Å². The van der Waals surface area contributed by atoms with Gasteiger partial charge in [0, 0.05) is 30.8 Å². The van der Waals surface area contributed by atoms with Gasteiger partial charge in [-0.15, -0.1) is 0 Å². The second kappa shape index (κ2) is 7.85. The number of carbonyl (C=O) groups excluding carboxylic acids is 1. The number of benzene rings is 1. The Kier molecular flexibility index (Phi) is 5.23. The summed E-state index contributed by atoms with van der Waals surface area (Å²) in [7, 11) is 0. The summed E-state index contributed by atoms with van der Waals surface area (Å²) in [5, 5.41) is 4.13. The molecule has 0 aliphatic carbocycles. The Hall–Kier alpha value is -3.30. The molecule has 0 spiro atoms. The highest BCUT2D eigenvalue weighted by Gasteiger charge is 2.30. The molecule has 1 amide bonds. The summed E-state index contributed by atoms with van der Waals surface area (Å²) in [6, 6.07) is 5.03. The van der Waals surface area contributed by atoms with Crippen LogP contribution in [0.5, 0.6) is 0 Å². The van der Waals surface area contributed by atoms with Crippen LogP contribution in [-0.2, 0) is 11.3 Å². The quantitative estimate of drug-likeness (QED) is 0.573. The smallest absolute Gasteiger partial charge is 0.266 e. The molecule has 0 saturated carbocycles. The Labute approximate surface area is 167 Å². The van der Waals surface area contributed by atoms with E-state index in [2.05, 4.69) is 10.1 Å². The van der Waals surface area contributed by atoms with Crippen LogP contribution in [0, 0.1) is 11.7 Å². The largest absolute Gasteiger partial charge is 0.340 e. The number of hydrogen-bond donors (Lipinski definition) is 0. The fraction of sp³-hybridized carbons (Fsp3) is 0.250. The van der Waals surface area contributed by atoms with Crippen LogP contribution in [0.4, 0.5) is 22.0 Å². The summed E-state index contributed by atoms with van der Waals surface area (Å²) in [5.41, 5.74) is 1.10. The van der Waals surface area contributed by atoms with Gasteiger partial charge in [-0.2, -0.15) is 13.9 Å². The maximum absolute atomic E-state index is 13.6. The third kappa shape index (κ3) is 3.89. The summed E-state index contributed by atoms with van der Waals surface area (Å²) in [6.45, 7) is 0.310. The van der Waals surface area contributed by atoms with Gasteiger partial charge in [0.05, 0.1) is 17.3 Å². The van der Waals surface area contributed by atoms with Gasteiger partial charge in [-0.3, -0.25) is 14.5 Å². The van der Waals surface area contributed by atoms with E-state index in [4.69, 9.17) is 0 Å². The molecule has 0 unspecified atom stereocenters. The van der Waals surface area contributed by atoms with E-state index in [1.54, 1.807) is 6.07 Å². The molecule has 0 N–H and O–H groups in total. The molecule has 0 radical (unpaired) electrons. The van der Waals surface area contributed by atoms with Crippen molar-refractivity contribution in [3.63, 3.8) is 0 Å². The lowest BCUT2D eigenvalue weighted by Crippen LogP contribution is -2.50. The molecule has 4 rings (SSSR count). The molecule has 1 saturated heterocycles. The Morgan fingerprint density at radius 1 is 1.17 bits per heavy atom. The molecule has 1 aliphatic heterocycles. The number of amides is 1. The Morgan fingerprint density at radius 3 is 2.63 bits per heavy atom. The number of hydrogen-bond acceptors (Lipinski definition) is 3. The highest BCUT2D eigenvalue weighted by molar-refractivity contribution is 5.83. The Bertz CT molecular complexity index is 1130. The van der Waals surface area contributed by atoms with Crippen molar-refractivity contribution in [2.24, 2.45) is 5.92 Å². The molecule has 1 aliphatic rings. The van der Waals surface area contributed by atoms with Crippen LogP contribution in [0.25, 0.3) is 22.2 Å². The zero-order valence-electron chi connectivity index (χ0n) is 15.4. The third-order valence-electron chi connectivity index (χ3n) is 4.97. The Balaban J connectivity index is 1.56. The number of rotatable bonds is 5. The molecule has 2 aromatic heterocycles. The van der Waals surface area contributed by atoms with E-state index in [1.807, 2.05) is 0 Å². The first-order chi connectivity index (χ1) is 14.3. The number of alkyl halides is 2. The van der Waals surface area contributed by atoms with E-state index in [-0.39, 0.29) is 31.5 Å². The van der Waals surface area contributed by atoms with Crippen molar-refractivity contribution in [1.29, 1.82) is 0 Å². The molecular formula is C20H15F5N4O. The van der Waals surface area contributed by atoms with E-state index in [9.17, 15) is 26.7 Å². The number of fused-ring (bicyclic) bond motifs is 1. The van der Waals surface area contributed by atoms with Crippen molar-refractivity contribution in [2.75, 3.05) is 13.1 Å². The first-order valence-electron chi connectivity index (χ1n) is 9.02. The highest BCUT2D eigenvalue weighted by Crippen LogP contribution is 2.29. The van der Waals surface area contributed by atoms with Gasteiger partial charge in [-0.05, 0) is 29.8 Å². The first-order valence-corrected chi connectivity index (χ1v) is 9.02. The van der Waals surface area contributed by atoms with Crippen LogP contribution in [-0.4, -0.2) is 38.7 Å². The fourth-order valence-electron chi connectivity index (χ4n) is 3.36. The predicted molar refractivity (Wildman–Crippen MR) is 98.2 cm³/mol. The summed E-state index contributed by atoms with van der Waals surface area (Å²) >= 11 is 0. The lowest BCUT2D eigenvalue weighted by atomic mass is 10.0. The second-order valence-electron chi connectivity index (χ2n) is 6.98. The number of likely N-dealkylation sites (tertiary alicyclic amines) is 1. The highest BCUT2D eigenvalue weighted by atomic mass is 19.3. The average molecular weight is 422 g/mol. The number of pyridine rings is 1. The molecule has 0 bridgehead atoms. The molecule has 3 aromatic rings. The minimum Gasteiger partial charge on any atom is -0.340 e. The van der Waals surface area contributed by atoms with Crippen LogP contribution in [0.15, 0.2) is 48.8 Å². The molecular weight excluding hydrogens is 407 g/mol. The van der Waals surface area contributed by atoms with Crippen molar-refractivity contribution in [2.45, 2.75) is 13.0 Å². The molecule has 30 heavy (non-hydrogen) atoms. The zero-order valence-corrected chi connectivity index (χ0v) is 15.4. The van der Waals surface area contributed by atoms with Crippen molar-refractivity contribution in [3.05, 3.63) is 60.2 Å². The van der Waals surface area contributed by atoms with E-state index >= 15 is 0 Å². The average Bonchev–Trinajstić information content (AvgIpc) is 3.06. The van der Waals surface area contributed by atoms with Crippen molar-refractivity contribution in [3.8, 4) is 11.1 Å². The standard InChI is InChI=1S/C20H15F5N4O/c21-15-2-1-12(4-14(15)20(24)25)13-5-17-16(26-6-13)7-27-29(17)10-19(30)28-8-11(9-28)3-18(22)23/h1-7,11,20H,8-10H2. The van der Waals surface area contributed by atoms with Gasteiger partial charge in [-0.1, -0.05) is 6.07 Å². The molecule has 5 nitrogen and oxygen atoms in total. The van der Waals surface area contributed by atoms with E-state index in [0.29, 0.717) is 22.2 Å². The van der Waals surface area contributed by atoms with Gasteiger partial charge in [0.25, 0.3) is 12.5 Å². The van der Waals surface area contributed by atoms with Crippen LogP contribution in [0.1, 0.15) is 12.0 Å². The molecule has 1 fully saturated rings. The monoisotopic (exact) mass is 422 g/mol. The summed E-state index contributed by atoms with van der Waals surface area (Å²) in [5.74, 6) is -1.63. The number of nitrogens with zero attached hydrogens (tertiary/aromatic N) is 4. The SMILES string of the molecule is O=C(Cn1ncc2ncc(-c3ccc(F)c(C(F)F)c3)cc21)N1CC(C=C(F)F)C1.